The average Bonchev–Trinajstić information content (AvgIpc) is 3.24. The van der Waals surface area contributed by atoms with Crippen LogP contribution in [0.2, 0.25) is 0 Å². The number of hydrogen-bond acceptors (Lipinski definition) is 2. The number of amides is 1. The highest BCUT2D eigenvalue weighted by Crippen LogP contribution is 2.32. The molecule has 1 saturated heterocycles. The van der Waals surface area contributed by atoms with Crippen LogP contribution in [-0.2, 0) is 17.9 Å². The van der Waals surface area contributed by atoms with Crippen molar-refractivity contribution >= 4 is 11.9 Å². The van der Waals surface area contributed by atoms with Crippen LogP contribution in [0.15, 0.2) is 59.6 Å². The third-order valence-corrected chi connectivity index (χ3v) is 6.69. The molecule has 0 saturated carbocycles. The van der Waals surface area contributed by atoms with Crippen molar-refractivity contribution in [1.29, 1.82) is 0 Å². The van der Waals surface area contributed by atoms with Gasteiger partial charge in [-0.1, -0.05) is 61.5 Å². The van der Waals surface area contributed by atoms with E-state index >= 15 is 0 Å². The third kappa shape index (κ3) is 5.09. The molecule has 2 atom stereocenters. The van der Waals surface area contributed by atoms with E-state index in [1.54, 1.807) is 0 Å². The molecule has 164 valence electrons. The smallest absolute Gasteiger partial charge is 0.223 e. The molecular weight excluding hydrogens is 384 g/mol. The van der Waals surface area contributed by atoms with E-state index in [-0.39, 0.29) is 5.91 Å². The lowest BCUT2D eigenvalue weighted by Crippen LogP contribution is -2.48. The number of aliphatic imine (C=N–C) groups is 1. The molecule has 0 aromatic heterocycles. The summed E-state index contributed by atoms with van der Waals surface area (Å²) >= 11 is 0. The summed E-state index contributed by atoms with van der Waals surface area (Å²) in [6.45, 7) is 6.62. The van der Waals surface area contributed by atoms with E-state index in [9.17, 15) is 4.79 Å². The van der Waals surface area contributed by atoms with Gasteiger partial charge < -0.3 is 15.1 Å². The Kier molecular flexibility index (Phi) is 6.90. The van der Waals surface area contributed by atoms with Gasteiger partial charge in [0.1, 0.15) is 0 Å². The number of nitrogens with one attached hydrogen (secondary N) is 1. The maximum absolute atomic E-state index is 12.6. The minimum atomic E-state index is 0.241. The van der Waals surface area contributed by atoms with Gasteiger partial charge in [-0.05, 0) is 41.4 Å². The standard InChI is InChI=1S/C26H34N4O/c1-20-17-29(16-14-24(20)21-9-4-3-5-10-21)26(27-2)28-15-8-13-25(31)30-18-22-11-6-7-12-23(22)19-30/h3-7,9-12,20,24H,8,13-19H2,1-2H3,(H,27,28). The highest BCUT2D eigenvalue weighted by Gasteiger charge is 2.28. The Morgan fingerprint density at radius 1 is 1.03 bits per heavy atom. The summed E-state index contributed by atoms with van der Waals surface area (Å²) in [6, 6.07) is 19.2. The van der Waals surface area contributed by atoms with Gasteiger partial charge in [-0.3, -0.25) is 9.79 Å². The van der Waals surface area contributed by atoms with Crippen molar-refractivity contribution in [3.05, 3.63) is 71.3 Å². The quantitative estimate of drug-likeness (QED) is 0.453. The van der Waals surface area contributed by atoms with E-state index in [2.05, 4.69) is 64.6 Å². The summed E-state index contributed by atoms with van der Waals surface area (Å²) in [5, 5.41) is 3.48. The van der Waals surface area contributed by atoms with E-state index < -0.39 is 0 Å². The number of carbonyl (C=O) groups excluding carboxylic acids is 1. The number of fused-ring (bicyclic) bond motifs is 1. The van der Waals surface area contributed by atoms with E-state index in [0.29, 0.717) is 18.3 Å². The molecule has 1 fully saturated rings. The molecule has 0 radical (unpaired) electrons. The first kappa shape index (κ1) is 21.4. The highest BCUT2D eigenvalue weighted by molar-refractivity contribution is 5.80. The van der Waals surface area contributed by atoms with Crippen LogP contribution >= 0.6 is 0 Å². The molecule has 1 amide bonds. The molecule has 0 spiro atoms. The Bertz CT molecular complexity index is 886. The highest BCUT2D eigenvalue weighted by atomic mass is 16.2. The fraction of sp³-hybridized carbons (Fsp3) is 0.462. The van der Waals surface area contributed by atoms with Crippen LogP contribution in [0.1, 0.15) is 48.8 Å². The zero-order valence-electron chi connectivity index (χ0n) is 18.8. The summed E-state index contributed by atoms with van der Waals surface area (Å²) < 4.78 is 0. The van der Waals surface area contributed by atoms with Gasteiger partial charge in [0.25, 0.3) is 0 Å². The van der Waals surface area contributed by atoms with Crippen LogP contribution in [0, 0.1) is 5.92 Å². The van der Waals surface area contributed by atoms with Crippen LogP contribution in [0.25, 0.3) is 0 Å². The maximum Gasteiger partial charge on any atom is 0.223 e. The first-order chi connectivity index (χ1) is 15.2. The van der Waals surface area contributed by atoms with E-state index in [1.807, 2.05) is 24.1 Å². The van der Waals surface area contributed by atoms with Crippen LogP contribution in [0.4, 0.5) is 0 Å². The Morgan fingerprint density at radius 2 is 1.71 bits per heavy atom. The second-order valence-corrected chi connectivity index (χ2v) is 8.83. The van der Waals surface area contributed by atoms with Gasteiger partial charge in [0.15, 0.2) is 5.96 Å². The van der Waals surface area contributed by atoms with Gasteiger partial charge in [-0.15, -0.1) is 0 Å². The summed E-state index contributed by atoms with van der Waals surface area (Å²) in [4.78, 5) is 21.4. The van der Waals surface area contributed by atoms with Crippen molar-refractivity contribution in [2.45, 2.75) is 45.2 Å². The molecule has 2 aromatic carbocycles. The van der Waals surface area contributed by atoms with Crippen molar-refractivity contribution in [3.8, 4) is 0 Å². The number of hydrogen-bond donors (Lipinski definition) is 1. The molecule has 2 aromatic rings. The molecule has 2 aliphatic heterocycles. The normalized spacial score (nSPS) is 21.2. The van der Waals surface area contributed by atoms with Gasteiger partial charge >= 0.3 is 0 Å². The maximum atomic E-state index is 12.6. The average molecular weight is 419 g/mol. The number of carbonyl (C=O) groups is 1. The number of nitrogens with zero attached hydrogens (tertiary/aromatic N) is 3. The lowest BCUT2D eigenvalue weighted by Gasteiger charge is -2.39. The molecule has 2 aliphatic rings. The number of likely N-dealkylation sites (tertiary alicyclic amines) is 1. The fourth-order valence-corrected chi connectivity index (χ4v) is 4.97. The van der Waals surface area contributed by atoms with Crippen LogP contribution < -0.4 is 5.32 Å². The second-order valence-electron chi connectivity index (χ2n) is 8.83. The molecule has 0 aliphatic carbocycles. The Labute approximate surface area is 186 Å². The first-order valence-corrected chi connectivity index (χ1v) is 11.5. The van der Waals surface area contributed by atoms with Crippen LogP contribution in [0.5, 0.6) is 0 Å². The van der Waals surface area contributed by atoms with E-state index in [4.69, 9.17) is 0 Å². The number of guanidine groups is 1. The third-order valence-electron chi connectivity index (χ3n) is 6.69. The predicted molar refractivity (Wildman–Crippen MR) is 126 cm³/mol. The molecular formula is C26H34N4O. The Balaban J connectivity index is 1.20. The van der Waals surface area contributed by atoms with Gasteiger partial charge in [-0.25, -0.2) is 0 Å². The SMILES string of the molecule is CN=C(NCCCC(=O)N1Cc2ccccc2C1)N1CCC(c2ccccc2)C(C)C1. The molecule has 0 bridgehead atoms. The van der Waals surface area contributed by atoms with Crippen LogP contribution in [0.3, 0.4) is 0 Å². The topological polar surface area (TPSA) is 47.9 Å². The van der Waals surface area contributed by atoms with Gasteiger partial charge in [0.05, 0.1) is 0 Å². The molecule has 4 rings (SSSR count). The predicted octanol–water partition coefficient (Wildman–Crippen LogP) is 4.01. The molecule has 1 N–H and O–H groups in total. The zero-order valence-corrected chi connectivity index (χ0v) is 18.8. The lowest BCUT2D eigenvalue weighted by molar-refractivity contribution is -0.131. The van der Waals surface area contributed by atoms with Crippen molar-refractivity contribution in [3.63, 3.8) is 0 Å². The summed E-state index contributed by atoms with van der Waals surface area (Å²) in [7, 11) is 1.85. The Hall–Kier alpha value is -2.82. The van der Waals surface area contributed by atoms with Crippen molar-refractivity contribution in [2.24, 2.45) is 10.9 Å². The first-order valence-electron chi connectivity index (χ1n) is 11.5. The summed E-state index contributed by atoms with van der Waals surface area (Å²) in [5.74, 6) is 2.38. The van der Waals surface area contributed by atoms with Gasteiger partial charge in [0.2, 0.25) is 5.91 Å². The molecule has 31 heavy (non-hydrogen) atoms. The number of piperidine rings is 1. The molecule has 5 nitrogen and oxygen atoms in total. The minimum Gasteiger partial charge on any atom is -0.356 e. The van der Waals surface area contributed by atoms with E-state index in [0.717, 1.165) is 51.5 Å². The largest absolute Gasteiger partial charge is 0.356 e. The second kappa shape index (κ2) is 9.99. The minimum absolute atomic E-state index is 0.241. The molecule has 2 heterocycles. The summed E-state index contributed by atoms with van der Waals surface area (Å²) in [5.41, 5.74) is 4.00. The van der Waals surface area contributed by atoms with Gasteiger partial charge in [-0.2, -0.15) is 0 Å². The zero-order chi connectivity index (χ0) is 21.6. The summed E-state index contributed by atoms with van der Waals surface area (Å²) in [6.07, 6.45) is 2.53. The number of benzene rings is 2. The molecule has 2 unspecified atom stereocenters. The van der Waals surface area contributed by atoms with E-state index in [1.165, 1.54) is 16.7 Å². The Morgan fingerprint density at radius 3 is 2.35 bits per heavy atom. The lowest BCUT2D eigenvalue weighted by atomic mass is 9.82. The van der Waals surface area contributed by atoms with Crippen LogP contribution in [-0.4, -0.2) is 48.3 Å². The number of rotatable bonds is 5. The van der Waals surface area contributed by atoms with Crippen molar-refractivity contribution in [1.82, 2.24) is 15.1 Å². The van der Waals surface area contributed by atoms with Crippen molar-refractivity contribution < 1.29 is 4.79 Å². The monoisotopic (exact) mass is 418 g/mol. The fourth-order valence-electron chi connectivity index (χ4n) is 4.97. The van der Waals surface area contributed by atoms with Gasteiger partial charge in [0, 0.05) is 46.2 Å². The molecule has 5 heteroatoms. The van der Waals surface area contributed by atoms with Crippen molar-refractivity contribution in [2.75, 3.05) is 26.7 Å².